The summed E-state index contributed by atoms with van der Waals surface area (Å²) in [5, 5.41) is 8.67. The van der Waals surface area contributed by atoms with Crippen LogP contribution in [0.5, 0.6) is 5.75 Å². The molecule has 0 unspecified atom stereocenters. The highest BCUT2D eigenvalue weighted by molar-refractivity contribution is 5.96. The van der Waals surface area contributed by atoms with Crippen LogP contribution in [0.3, 0.4) is 0 Å². The molecule has 0 saturated heterocycles. The molecule has 0 saturated carbocycles. The van der Waals surface area contributed by atoms with Crippen LogP contribution in [0, 0.1) is 0 Å². The van der Waals surface area contributed by atoms with Crippen LogP contribution >= 0.6 is 0 Å². The molecule has 0 aliphatic rings. The minimum atomic E-state index is -0.202. The van der Waals surface area contributed by atoms with Gasteiger partial charge in [0.2, 0.25) is 5.91 Å². The van der Waals surface area contributed by atoms with E-state index in [0.29, 0.717) is 42.4 Å². The van der Waals surface area contributed by atoms with E-state index in [0.717, 1.165) is 12.8 Å². The van der Waals surface area contributed by atoms with Crippen molar-refractivity contribution in [1.82, 2.24) is 5.32 Å². The molecule has 2 aromatic carbocycles. The molecule has 2 rings (SSSR count). The van der Waals surface area contributed by atoms with Gasteiger partial charge in [-0.25, -0.2) is 0 Å². The molecule has 0 fully saturated rings. The fourth-order valence-electron chi connectivity index (χ4n) is 2.54. The number of methoxy groups -OCH3 is 1. The Hall–Kier alpha value is -3.06. The van der Waals surface area contributed by atoms with Crippen LogP contribution in [0.15, 0.2) is 48.5 Å². The number of carbonyl (C=O) groups is 2. The SMILES string of the molecule is CCCCOc1ccccc1NC(=O)CNc1cccc(C(=O)NCCOC)c1. The van der Waals surface area contributed by atoms with Gasteiger partial charge in [0.1, 0.15) is 5.75 Å². The van der Waals surface area contributed by atoms with Crippen LogP contribution in [-0.4, -0.2) is 45.2 Å². The Balaban J connectivity index is 1.88. The van der Waals surface area contributed by atoms with Gasteiger partial charge in [0.25, 0.3) is 5.91 Å². The molecule has 0 spiro atoms. The van der Waals surface area contributed by atoms with Crippen molar-refractivity contribution in [3.8, 4) is 5.75 Å². The minimum Gasteiger partial charge on any atom is -0.491 e. The second-order valence-corrected chi connectivity index (χ2v) is 6.43. The number of benzene rings is 2. The van der Waals surface area contributed by atoms with E-state index in [1.807, 2.05) is 24.3 Å². The zero-order valence-corrected chi connectivity index (χ0v) is 17.0. The highest BCUT2D eigenvalue weighted by Crippen LogP contribution is 2.24. The van der Waals surface area contributed by atoms with Gasteiger partial charge in [0.05, 0.1) is 25.4 Å². The highest BCUT2D eigenvalue weighted by atomic mass is 16.5. The molecule has 0 aliphatic carbocycles. The summed E-state index contributed by atoms with van der Waals surface area (Å²) in [5.74, 6) is 0.267. The number of unbranched alkanes of at least 4 members (excludes halogenated alkanes) is 1. The van der Waals surface area contributed by atoms with Gasteiger partial charge in [-0.1, -0.05) is 31.5 Å². The standard InChI is InChI=1S/C22H29N3O4/c1-3-4-13-29-20-11-6-5-10-19(20)25-21(26)16-24-18-9-7-8-17(15-18)22(27)23-12-14-28-2/h5-11,15,24H,3-4,12-14,16H2,1-2H3,(H,23,27)(H,25,26). The van der Waals surface area contributed by atoms with Gasteiger partial charge in [0.15, 0.2) is 0 Å². The van der Waals surface area contributed by atoms with Crippen molar-refractivity contribution in [1.29, 1.82) is 0 Å². The number of hydrogen-bond donors (Lipinski definition) is 3. The van der Waals surface area contributed by atoms with E-state index in [1.165, 1.54) is 0 Å². The molecule has 3 N–H and O–H groups in total. The summed E-state index contributed by atoms with van der Waals surface area (Å²) in [6.07, 6.45) is 2.00. The zero-order chi connectivity index (χ0) is 20.9. The molecule has 0 bridgehead atoms. The van der Waals surface area contributed by atoms with E-state index >= 15 is 0 Å². The molecule has 7 nitrogen and oxygen atoms in total. The Morgan fingerprint density at radius 1 is 1.03 bits per heavy atom. The summed E-state index contributed by atoms with van der Waals surface area (Å²) in [6.45, 7) is 3.67. The van der Waals surface area contributed by atoms with Crippen molar-refractivity contribution in [2.75, 3.05) is 44.0 Å². The average Bonchev–Trinajstić information content (AvgIpc) is 2.74. The smallest absolute Gasteiger partial charge is 0.251 e. The van der Waals surface area contributed by atoms with Crippen molar-refractivity contribution in [2.45, 2.75) is 19.8 Å². The Morgan fingerprint density at radius 2 is 1.86 bits per heavy atom. The maximum absolute atomic E-state index is 12.3. The van der Waals surface area contributed by atoms with Gasteiger partial charge in [0, 0.05) is 24.9 Å². The third-order valence-corrected chi connectivity index (χ3v) is 4.09. The molecular weight excluding hydrogens is 370 g/mol. The molecule has 2 aromatic rings. The first-order valence-electron chi connectivity index (χ1n) is 9.76. The predicted octanol–water partition coefficient (Wildman–Crippen LogP) is 3.29. The number of anilines is 2. The normalized spacial score (nSPS) is 10.3. The molecule has 0 atom stereocenters. The highest BCUT2D eigenvalue weighted by Gasteiger charge is 2.09. The third-order valence-electron chi connectivity index (χ3n) is 4.09. The predicted molar refractivity (Wildman–Crippen MR) is 115 cm³/mol. The topological polar surface area (TPSA) is 88.7 Å². The molecular formula is C22H29N3O4. The lowest BCUT2D eigenvalue weighted by Crippen LogP contribution is -2.27. The maximum atomic E-state index is 12.3. The number of rotatable bonds is 12. The largest absolute Gasteiger partial charge is 0.491 e. The number of hydrogen-bond acceptors (Lipinski definition) is 5. The number of amides is 2. The van der Waals surface area contributed by atoms with Crippen molar-refractivity contribution in [2.24, 2.45) is 0 Å². The fraction of sp³-hybridized carbons (Fsp3) is 0.364. The van der Waals surface area contributed by atoms with Crippen molar-refractivity contribution >= 4 is 23.2 Å². The van der Waals surface area contributed by atoms with Crippen LogP contribution in [0.25, 0.3) is 0 Å². The van der Waals surface area contributed by atoms with E-state index in [4.69, 9.17) is 9.47 Å². The quantitative estimate of drug-likeness (QED) is 0.477. The van der Waals surface area contributed by atoms with Gasteiger partial charge in [-0.15, -0.1) is 0 Å². The average molecular weight is 399 g/mol. The Kier molecular flexibility index (Phi) is 9.51. The first-order chi connectivity index (χ1) is 14.1. The van der Waals surface area contributed by atoms with Crippen LogP contribution in [0.1, 0.15) is 30.1 Å². The Labute approximate surface area is 171 Å². The third kappa shape index (κ3) is 7.83. The summed E-state index contributed by atoms with van der Waals surface area (Å²) in [7, 11) is 1.58. The van der Waals surface area contributed by atoms with Gasteiger partial charge < -0.3 is 25.4 Å². The summed E-state index contributed by atoms with van der Waals surface area (Å²) in [4.78, 5) is 24.4. The van der Waals surface area contributed by atoms with Crippen molar-refractivity contribution in [3.63, 3.8) is 0 Å². The summed E-state index contributed by atoms with van der Waals surface area (Å²) in [5.41, 5.74) is 1.84. The van der Waals surface area contributed by atoms with Crippen molar-refractivity contribution < 1.29 is 19.1 Å². The van der Waals surface area contributed by atoms with E-state index in [9.17, 15) is 9.59 Å². The van der Waals surface area contributed by atoms with E-state index in [1.54, 1.807) is 31.4 Å². The lowest BCUT2D eigenvalue weighted by atomic mass is 10.2. The van der Waals surface area contributed by atoms with Gasteiger partial charge in [-0.3, -0.25) is 9.59 Å². The molecule has 0 aromatic heterocycles. The molecule has 156 valence electrons. The van der Waals surface area contributed by atoms with E-state index in [-0.39, 0.29) is 18.4 Å². The number of carbonyl (C=O) groups excluding carboxylic acids is 2. The Morgan fingerprint density at radius 3 is 2.66 bits per heavy atom. The summed E-state index contributed by atoms with van der Waals surface area (Å²) in [6, 6.07) is 14.4. The lowest BCUT2D eigenvalue weighted by Gasteiger charge is -2.13. The molecule has 7 heteroatoms. The number of para-hydroxylation sites is 2. The summed E-state index contributed by atoms with van der Waals surface area (Å²) >= 11 is 0. The summed E-state index contributed by atoms with van der Waals surface area (Å²) < 4.78 is 10.7. The van der Waals surface area contributed by atoms with Crippen LogP contribution in [0.2, 0.25) is 0 Å². The molecule has 0 radical (unpaired) electrons. The first kappa shape index (κ1) is 22.2. The zero-order valence-electron chi connectivity index (χ0n) is 17.0. The monoisotopic (exact) mass is 399 g/mol. The van der Waals surface area contributed by atoms with Gasteiger partial charge in [-0.05, 0) is 36.8 Å². The number of ether oxygens (including phenoxy) is 2. The lowest BCUT2D eigenvalue weighted by molar-refractivity contribution is -0.114. The van der Waals surface area contributed by atoms with Crippen LogP contribution in [-0.2, 0) is 9.53 Å². The molecule has 0 heterocycles. The fourth-order valence-corrected chi connectivity index (χ4v) is 2.54. The first-order valence-corrected chi connectivity index (χ1v) is 9.76. The molecule has 2 amide bonds. The second-order valence-electron chi connectivity index (χ2n) is 6.43. The maximum Gasteiger partial charge on any atom is 0.251 e. The van der Waals surface area contributed by atoms with Crippen LogP contribution in [0.4, 0.5) is 11.4 Å². The Bertz CT molecular complexity index is 795. The number of nitrogens with one attached hydrogen (secondary N) is 3. The van der Waals surface area contributed by atoms with Crippen molar-refractivity contribution in [3.05, 3.63) is 54.1 Å². The second kappa shape index (κ2) is 12.4. The van der Waals surface area contributed by atoms with Gasteiger partial charge in [-0.2, -0.15) is 0 Å². The van der Waals surface area contributed by atoms with Gasteiger partial charge >= 0.3 is 0 Å². The van der Waals surface area contributed by atoms with E-state index < -0.39 is 0 Å². The van der Waals surface area contributed by atoms with E-state index in [2.05, 4.69) is 22.9 Å². The molecule has 29 heavy (non-hydrogen) atoms. The van der Waals surface area contributed by atoms with Crippen LogP contribution < -0.4 is 20.7 Å². The minimum absolute atomic E-state index is 0.0675. The molecule has 0 aliphatic heterocycles.